The van der Waals surface area contributed by atoms with Crippen molar-refractivity contribution in [2.75, 3.05) is 6.54 Å². The van der Waals surface area contributed by atoms with E-state index >= 15 is 0 Å². The highest BCUT2D eigenvalue weighted by atomic mass is 19.4. The summed E-state index contributed by atoms with van der Waals surface area (Å²) in [5.74, 6) is -5.55. The molecule has 1 rings (SSSR count). The predicted octanol–water partition coefficient (Wildman–Crippen LogP) is 4.68. The van der Waals surface area contributed by atoms with Crippen molar-refractivity contribution in [1.29, 1.82) is 0 Å². The molecule has 21 heavy (non-hydrogen) atoms. The molecular weight excluding hydrogens is 296 g/mol. The lowest BCUT2D eigenvalue weighted by atomic mass is 9.95. The van der Waals surface area contributed by atoms with Crippen LogP contribution in [0.4, 0.5) is 26.3 Å². The maximum atomic E-state index is 13.7. The fraction of sp³-hybridized carbons (Fsp3) is 0.571. The number of benzene rings is 1. The molecule has 0 aromatic heterocycles. The third-order valence-electron chi connectivity index (χ3n) is 3.13. The topological polar surface area (TPSA) is 12.0 Å². The van der Waals surface area contributed by atoms with Crippen molar-refractivity contribution < 1.29 is 26.3 Å². The molecule has 0 amide bonds. The Balaban J connectivity index is 3.32. The summed E-state index contributed by atoms with van der Waals surface area (Å²) >= 11 is 0. The highest BCUT2D eigenvalue weighted by molar-refractivity contribution is 5.33. The van der Waals surface area contributed by atoms with Crippen LogP contribution in [0, 0.1) is 19.7 Å². The molecule has 1 atom stereocenters. The molecular formula is C14H17F6N. The van der Waals surface area contributed by atoms with E-state index in [-0.39, 0.29) is 23.2 Å². The maximum absolute atomic E-state index is 13.7. The van der Waals surface area contributed by atoms with Gasteiger partial charge in [-0.2, -0.15) is 22.0 Å². The van der Waals surface area contributed by atoms with Gasteiger partial charge in [0.2, 0.25) is 0 Å². The summed E-state index contributed by atoms with van der Waals surface area (Å²) in [5, 5.41) is 2.21. The van der Waals surface area contributed by atoms with Crippen molar-refractivity contribution in [3.05, 3.63) is 34.6 Å². The van der Waals surface area contributed by atoms with E-state index in [2.05, 4.69) is 5.32 Å². The average molecular weight is 313 g/mol. The Kier molecular flexibility index (Phi) is 5.30. The summed E-state index contributed by atoms with van der Waals surface area (Å²) in [5.41, 5.74) is -0.209. The van der Waals surface area contributed by atoms with Gasteiger partial charge in [0.05, 0.1) is 0 Å². The first-order valence-electron chi connectivity index (χ1n) is 6.47. The number of halogens is 6. The van der Waals surface area contributed by atoms with Crippen LogP contribution in [-0.4, -0.2) is 18.6 Å². The first-order valence-corrected chi connectivity index (χ1v) is 6.47. The first-order chi connectivity index (χ1) is 9.52. The van der Waals surface area contributed by atoms with Gasteiger partial charge >= 0.3 is 12.1 Å². The second-order valence-corrected chi connectivity index (χ2v) is 4.98. The number of aryl methyl sites for hydroxylation is 2. The Bertz CT molecular complexity index is 472. The minimum absolute atomic E-state index is 0.00813. The normalized spacial score (nSPS) is 14.3. The Hall–Kier alpha value is -1.24. The fourth-order valence-electron chi connectivity index (χ4n) is 2.05. The first kappa shape index (κ1) is 17.8. The zero-order chi connectivity index (χ0) is 16.4. The molecule has 1 N–H and O–H groups in total. The highest BCUT2D eigenvalue weighted by Gasteiger charge is 2.62. The molecule has 1 aromatic rings. The average Bonchev–Trinajstić information content (AvgIpc) is 2.34. The van der Waals surface area contributed by atoms with Gasteiger partial charge in [-0.15, -0.1) is 0 Å². The van der Waals surface area contributed by atoms with Gasteiger partial charge in [-0.05, 0) is 43.5 Å². The molecule has 0 radical (unpaired) electrons. The Labute approximate surface area is 119 Å². The van der Waals surface area contributed by atoms with Crippen molar-refractivity contribution in [3.8, 4) is 0 Å². The molecule has 1 nitrogen and oxygen atoms in total. The van der Waals surface area contributed by atoms with Gasteiger partial charge < -0.3 is 5.32 Å². The van der Waals surface area contributed by atoms with Crippen molar-refractivity contribution in [2.45, 2.75) is 45.3 Å². The van der Waals surface area contributed by atoms with Gasteiger partial charge in [-0.25, -0.2) is 4.39 Å². The zero-order valence-corrected chi connectivity index (χ0v) is 11.9. The van der Waals surface area contributed by atoms with Crippen LogP contribution >= 0.6 is 0 Å². The van der Waals surface area contributed by atoms with E-state index in [1.807, 2.05) is 0 Å². The van der Waals surface area contributed by atoms with Crippen LogP contribution in [0.5, 0.6) is 0 Å². The Morgan fingerprint density at radius 2 is 1.52 bits per heavy atom. The molecule has 0 spiro atoms. The molecule has 0 fully saturated rings. The molecule has 0 aliphatic heterocycles. The molecule has 0 saturated heterocycles. The Morgan fingerprint density at radius 1 is 1.05 bits per heavy atom. The van der Waals surface area contributed by atoms with E-state index in [1.54, 1.807) is 6.92 Å². The lowest BCUT2D eigenvalue weighted by molar-refractivity contribution is -0.294. The van der Waals surface area contributed by atoms with Gasteiger partial charge in [0.25, 0.3) is 0 Å². The van der Waals surface area contributed by atoms with E-state index < -0.39 is 24.0 Å². The molecule has 0 aliphatic rings. The molecule has 0 bridgehead atoms. The van der Waals surface area contributed by atoms with Crippen LogP contribution in [0.3, 0.4) is 0 Å². The molecule has 120 valence electrons. The van der Waals surface area contributed by atoms with Gasteiger partial charge in [-0.1, -0.05) is 19.1 Å². The quantitative estimate of drug-likeness (QED) is 0.778. The summed E-state index contributed by atoms with van der Waals surface area (Å²) in [6, 6.07) is -0.194. The highest BCUT2D eigenvalue weighted by Crippen LogP contribution is 2.44. The largest absolute Gasteiger partial charge is 0.455 e. The zero-order valence-electron chi connectivity index (χ0n) is 11.9. The van der Waals surface area contributed by atoms with Gasteiger partial charge in [-0.3, -0.25) is 0 Å². The molecule has 1 unspecified atom stereocenters. The van der Waals surface area contributed by atoms with Crippen LogP contribution in [0.2, 0.25) is 0 Å². The maximum Gasteiger partial charge on any atom is 0.455 e. The summed E-state index contributed by atoms with van der Waals surface area (Å²) in [6.45, 7) is 4.30. The summed E-state index contributed by atoms with van der Waals surface area (Å²) in [7, 11) is 0. The molecule has 7 heteroatoms. The summed E-state index contributed by atoms with van der Waals surface area (Å²) in [4.78, 5) is 0. The summed E-state index contributed by atoms with van der Waals surface area (Å²) < 4.78 is 78.7. The SMILES string of the molecule is CCCNC(c1cc(C)c(F)c(C)c1)C(F)(F)C(F)(F)F. The summed E-state index contributed by atoms with van der Waals surface area (Å²) in [6.07, 6.45) is -5.29. The van der Waals surface area contributed by atoms with E-state index in [0.717, 1.165) is 12.1 Å². The molecule has 1 aromatic carbocycles. The number of hydrogen-bond acceptors (Lipinski definition) is 1. The Morgan fingerprint density at radius 3 is 1.90 bits per heavy atom. The number of hydrogen-bond donors (Lipinski definition) is 1. The van der Waals surface area contributed by atoms with Crippen LogP contribution in [-0.2, 0) is 0 Å². The van der Waals surface area contributed by atoms with Gasteiger partial charge in [0, 0.05) is 0 Å². The van der Waals surface area contributed by atoms with Crippen molar-refractivity contribution in [3.63, 3.8) is 0 Å². The van der Waals surface area contributed by atoms with E-state index in [1.165, 1.54) is 13.8 Å². The number of alkyl halides is 5. The van der Waals surface area contributed by atoms with E-state index in [0.29, 0.717) is 6.42 Å². The lowest BCUT2D eigenvalue weighted by Gasteiger charge is -2.30. The predicted molar refractivity (Wildman–Crippen MR) is 67.9 cm³/mol. The third kappa shape index (κ3) is 3.70. The van der Waals surface area contributed by atoms with Crippen LogP contribution < -0.4 is 5.32 Å². The smallest absolute Gasteiger partial charge is 0.305 e. The standard InChI is InChI=1S/C14H17F6N/c1-4-5-21-12(13(16,17)14(18,19)20)10-6-8(2)11(15)9(3)7-10/h6-7,12,21H,4-5H2,1-3H3. The van der Waals surface area contributed by atoms with Crippen LogP contribution in [0.25, 0.3) is 0 Å². The van der Waals surface area contributed by atoms with Crippen molar-refractivity contribution in [1.82, 2.24) is 5.32 Å². The van der Waals surface area contributed by atoms with E-state index in [9.17, 15) is 26.3 Å². The fourth-order valence-corrected chi connectivity index (χ4v) is 2.05. The van der Waals surface area contributed by atoms with Crippen molar-refractivity contribution in [2.24, 2.45) is 0 Å². The van der Waals surface area contributed by atoms with Crippen molar-refractivity contribution >= 4 is 0 Å². The molecule has 0 heterocycles. The molecule has 0 aliphatic carbocycles. The van der Waals surface area contributed by atoms with E-state index in [4.69, 9.17) is 0 Å². The van der Waals surface area contributed by atoms with Crippen LogP contribution in [0.15, 0.2) is 12.1 Å². The molecule has 0 saturated carbocycles. The second kappa shape index (κ2) is 6.25. The minimum atomic E-state index is -5.69. The third-order valence-corrected chi connectivity index (χ3v) is 3.13. The minimum Gasteiger partial charge on any atom is -0.305 e. The van der Waals surface area contributed by atoms with Crippen LogP contribution in [0.1, 0.15) is 36.1 Å². The monoisotopic (exact) mass is 313 g/mol. The number of nitrogens with one attached hydrogen (secondary N) is 1. The second-order valence-electron chi connectivity index (χ2n) is 4.98. The van der Waals surface area contributed by atoms with Gasteiger partial charge in [0.15, 0.2) is 0 Å². The lowest BCUT2D eigenvalue weighted by Crippen LogP contribution is -2.48. The number of rotatable bonds is 5. The van der Waals surface area contributed by atoms with Gasteiger partial charge in [0.1, 0.15) is 11.9 Å².